The number of hydrogen-bond acceptors (Lipinski definition) is 3. The van der Waals surface area contributed by atoms with Crippen molar-refractivity contribution in [2.24, 2.45) is 11.8 Å². The Morgan fingerprint density at radius 2 is 1.92 bits per heavy atom. The van der Waals surface area contributed by atoms with E-state index in [1.165, 1.54) is 5.56 Å². The second-order valence-electron chi connectivity index (χ2n) is 7.04. The van der Waals surface area contributed by atoms with Gasteiger partial charge in [-0.15, -0.1) is 0 Å². The SMILES string of the molecule is O=C(NCC1COc2ccccc2C1)c1cccc(NC(=O)C2CC2)c1. The van der Waals surface area contributed by atoms with Crippen molar-refractivity contribution < 1.29 is 14.3 Å². The summed E-state index contributed by atoms with van der Waals surface area (Å²) in [6, 6.07) is 15.1. The summed E-state index contributed by atoms with van der Waals surface area (Å²) < 4.78 is 5.77. The number of nitrogens with one attached hydrogen (secondary N) is 2. The predicted molar refractivity (Wildman–Crippen MR) is 99.3 cm³/mol. The van der Waals surface area contributed by atoms with Gasteiger partial charge in [0.15, 0.2) is 0 Å². The lowest BCUT2D eigenvalue weighted by Crippen LogP contribution is -2.34. The Labute approximate surface area is 152 Å². The van der Waals surface area contributed by atoms with Crippen molar-refractivity contribution in [3.8, 4) is 5.75 Å². The lowest BCUT2D eigenvalue weighted by Gasteiger charge is -2.25. The van der Waals surface area contributed by atoms with E-state index in [0.717, 1.165) is 25.0 Å². The van der Waals surface area contributed by atoms with E-state index in [9.17, 15) is 9.59 Å². The molecule has 1 saturated carbocycles. The Morgan fingerprint density at radius 1 is 1.08 bits per heavy atom. The molecule has 1 aliphatic carbocycles. The highest BCUT2D eigenvalue weighted by molar-refractivity contribution is 5.98. The molecule has 2 aliphatic rings. The van der Waals surface area contributed by atoms with Crippen molar-refractivity contribution in [3.63, 3.8) is 0 Å². The van der Waals surface area contributed by atoms with Crippen molar-refractivity contribution in [1.82, 2.24) is 5.32 Å². The first kappa shape index (κ1) is 16.6. The first-order valence-corrected chi connectivity index (χ1v) is 9.09. The normalized spacial score (nSPS) is 18.4. The molecule has 2 aromatic rings. The van der Waals surface area contributed by atoms with Crippen LogP contribution in [0.15, 0.2) is 48.5 Å². The van der Waals surface area contributed by atoms with Crippen LogP contribution in [0.3, 0.4) is 0 Å². The Balaban J connectivity index is 1.33. The zero-order chi connectivity index (χ0) is 17.9. The number of ether oxygens (including phenoxy) is 1. The van der Waals surface area contributed by atoms with E-state index in [2.05, 4.69) is 16.7 Å². The predicted octanol–water partition coefficient (Wildman–Crippen LogP) is 3.02. The largest absolute Gasteiger partial charge is 0.493 e. The second-order valence-corrected chi connectivity index (χ2v) is 7.04. The van der Waals surface area contributed by atoms with Crippen LogP contribution in [0.4, 0.5) is 5.69 Å². The minimum Gasteiger partial charge on any atom is -0.493 e. The van der Waals surface area contributed by atoms with Gasteiger partial charge in [-0.2, -0.15) is 0 Å². The molecule has 0 spiro atoms. The number of carbonyl (C=O) groups is 2. The topological polar surface area (TPSA) is 67.4 Å². The van der Waals surface area contributed by atoms with Crippen LogP contribution in [-0.2, 0) is 11.2 Å². The van der Waals surface area contributed by atoms with Gasteiger partial charge in [-0.1, -0.05) is 24.3 Å². The smallest absolute Gasteiger partial charge is 0.251 e. The summed E-state index contributed by atoms with van der Waals surface area (Å²) in [4.78, 5) is 24.3. The quantitative estimate of drug-likeness (QED) is 0.871. The van der Waals surface area contributed by atoms with Gasteiger partial charge in [0.1, 0.15) is 5.75 Å². The molecule has 1 fully saturated rings. The number of carbonyl (C=O) groups excluding carboxylic acids is 2. The highest BCUT2D eigenvalue weighted by Gasteiger charge is 2.29. The van der Waals surface area contributed by atoms with Crippen LogP contribution in [0, 0.1) is 11.8 Å². The van der Waals surface area contributed by atoms with Gasteiger partial charge in [0.25, 0.3) is 5.91 Å². The molecule has 1 heterocycles. The first-order valence-electron chi connectivity index (χ1n) is 9.09. The van der Waals surface area contributed by atoms with Crippen molar-refractivity contribution in [1.29, 1.82) is 0 Å². The van der Waals surface area contributed by atoms with Crippen molar-refractivity contribution in [2.75, 3.05) is 18.5 Å². The van der Waals surface area contributed by atoms with Gasteiger partial charge in [-0.3, -0.25) is 9.59 Å². The van der Waals surface area contributed by atoms with E-state index < -0.39 is 0 Å². The monoisotopic (exact) mass is 350 g/mol. The number of anilines is 1. The number of fused-ring (bicyclic) bond motifs is 1. The fraction of sp³-hybridized carbons (Fsp3) is 0.333. The second kappa shape index (κ2) is 7.20. The van der Waals surface area contributed by atoms with Gasteiger partial charge in [0.2, 0.25) is 5.91 Å². The fourth-order valence-electron chi connectivity index (χ4n) is 3.19. The molecule has 0 saturated heterocycles. The fourth-order valence-corrected chi connectivity index (χ4v) is 3.19. The maximum Gasteiger partial charge on any atom is 0.251 e. The summed E-state index contributed by atoms with van der Waals surface area (Å²) >= 11 is 0. The third-order valence-electron chi connectivity index (χ3n) is 4.85. The number of rotatable bonds is 5. The Bertz CT molecular complexity index is 830. The van der Waals surface area contributed by atoms with Crippen LogP contribution in [0.1, 0.15) is 28.8 Å². The summed E-state index contributed by atoms with van der Waals surface area (Å²) in [6.07, 6.45) is 2.81. The van der Waals surface area contributed by atoms with Gasteiger partial charge in [-0.05, 0) is 49.1 Å². The van der Waals surface area contributed by atoms with Gasteiger partial charge in [0.05, 0.1) is 6.61 Å². The molecule has 4 rings (SSSR count). The third-order valence-corrected chi connectivity index (χ3v) is 4.85. The van der Waals surface area contributed by atoms with Crippen LogP contribution in [0.2, 0.25) is 0 Å². The summed E-state index contributed by atoms with van der Waals surface area (Å²) in [7, 11) is 0. The summed E-state index contributed by atoms with van der Waals surface area (Å²) in [6.45, 7) is 1.17. The molecule has 1 unspecified atom stereocenters. The van der Waals surface area contributed by atoms with Gasteiger partial charge in [0, 0.05) is 29.6 Å². The zero-order valence-corrected chi connectivity index (χ0v) is 14.5. The first-order chi connectivity index (χ1) is 12.7. The molecular formula is C21H22N2O3. The third kappa shape index (κ3) is 3.87. The molecular weight excluding hydrogens is 328 g/mol. The molecule has 2 N–H and O–H groups in total. The Morgan fingerprint density at radius 3 is 2.77 bits per heavy atom. The maximum atomic E-state index is 12.5. The van der Waals surface area contributed by atoms with E-state index in [-0.39, 0.29) is 23.7 Å². The minimum absolute atomic E-state index is 0.0422. The van der Waals surface area contributed by atoms with Gasteiger partial charge in [-0.25, -0.2) is 0 Å². The molecule has 2 aromatic carbocycles. The van der Waals surface area contributed by atoms with Crippen LogP contribution >= 0.6 is 0 Å². The van der Waals surface area contributed by atoms with Gasteiger partial charge >= 0.3 is 0 Å². The maximum absolute atomic E-state index is 12.5. The van der Waals surface area contributed by atoms with E-state index in [0.29, 0.717) is 24.4 Å². The van der Waals surface area contributed by atoms with Crippen molar-refractivity contribution in [3.05, 3.63) is 59.7 Å². The summed E-state index contributed by atoms with van der Waals surface area (Å²) in [5.41, 5.74) is 2.41. The van der Waals surface area contributed by atoms with Crippen LogP contribution in [0.25, 0.3) is 0 Å². The number of para-hydroxylation sites is 1. The summed E-state index contributed by atoms with van der Waals surface area (Å²) in [5, 5.41) is 5.86. The van der Waals surface area contributed by atoms with E-state index >= 15 is 0 Å². The van der Waals surface area contributed by atoms with Crippen molar-refractivity contribution >= 4 is 17.5 Å². The number of benzene rings is 2. The molecule has 5 heteroatoms. The lowest BCUT2D eigenvalue weighted by molar-refractivity contribution is -0.117. The molecule has 5 nitrogen and oxygen atoms in total. The van der Waals surface area contributed by atoms with E-state index in [4.69, 9.17) is 4.74 Å². The van der Waals surface area contributed by atoms with Crippen LogP contribution in [-0.4, -0.2) is 25.0 Å². The highest BCUT2D eigenvalue weighted by atomic mass is 16.5. The molecule has 2 amide bonds. The molecule has 0 radical (unpaired) electrons. The zero-order valence-electron chi connectivity index (χ0n) is 14.5. The minimum atomic E-state index is -0.133. The molecule has 134 valence electrons. The number of hydrogen-bond donors (Lipinski definition) is 2. The molecule has 0 bridgehead atoms. The van der Waals surface area contributed by atoms with E-state index in [1.54, 1.807) is 18.2 Å². The van der Waals surface area contributed by atoms with E-state index in [1.807, 2.05) is 24.3 Å². The molecule has 26 heavy (non-hydrogen) atoms. The molecule has 1 atom stereocenters. The highest BCUT2D eigenvalue weighted by Crippen LogP contribution is 2.30. The van der Waals surface area contributed by atoms with Crippen LogP contribution < -0.4 is 15.4 Å². The summed E-state index contributed by atoms with van der Waals surface area (Å²) in [5.74, 6) is 1.24. The average molecular weight is 350 g/mol. The van der Waals surface area contributed by atoms with Crippen LogP contribution in [0.5, 0.6) is 5.75 Å². The van der Waals surface area contributed by atoms with Gasteiger partial charge < -0.3 is 15.4 Å². The lowest BCUT2D eigenvalue weighted by atomic mass is 9.96. The average Bonchev–Trinajstić information content (AvgIpc) is 3.51. The molecule has 1 aliphatic heterocycles. The Kier molecular flexibility index (Phi) is 4.61. The Hall–Kier alpha value is -2.82. The van der Waals surface area contributed by atoms with Crippen molar-refractivity contribution in [2.45, 2.75) is 19.3 Å². The molecule has 0 aromatic heterocycles. The number of amides is 2. The standard InChI is InChI=1S/C21H22N2O3/c24-20(17-5-3-6-18(11-17)23-21(25)15-8-9-15)22-12-14-10-16-4-1-2-7-19(16)26-13-14/h1-7,11,14-15H,8-10,12-13H2,(H,22,24)(H,23,25).